The molecular formula is C18H21NO. The van der Waals surface area contributed by atoms with Gasteiger partial charge < -0.3 is 0 Å². The molecule has 0 saturated heterocycles. The molecule has 1 aromatic heterocycles. The summed E-state index contributed by atoms with van der Waals surface area (Å²) in [5.41, 5.74) is 1.78. The summed E-state index contributed by atoms with van der Waals surface area (Å²) in [6, 6.07) is 9.82. The van der Waals surface area contributed by atoms with Crippen molar-refractivity contribution in [1.82, 2.24) is 4.98 Å². The van der Waals surface area contributed by atoms with Crippen molar-refractivity contribution in [3.63, 3.8) is 0 Å². The van der Waals surface area contributed by atoms with Gasteiger partial charge >= 0.3 is 0 Å². The van der Waals surface area contributed by atoms with Crippen molar-refractivity contribution in [2.24, 2.45) is 11.8 Å². The number of hydrogen-bond acceptors (Lipinski definition) is 2. The molecule has 0 amide bonds. The normalized spacial score (nSPS) is 22.9. The highest BCUT2D eigenvalue weighted by atomic mass is 16.1. The fourth-order valence-corrected chi connectivity index (χ4v) is 3.43. The molecule has 1 aliphatic carbocycles. The Morgan fingerprint density at radius 1 is 1.25 bits per heavy atom. The van der Waals surface area contributed by atoms with E-state index >= 15 is 0 Å². The lowest BCUT2D eigenvalue weighted by Crippen LogP contribution is -2.23. The third-order valence-electron chi connectivity index (χ3n) is 4.65. The summed E-state index contributed by atoms with van der Waals surface area (Å²) in [6.45, 7) is 2.24. The molecule has 20 heavy (non-hydrogen) atoms. The Labute approximate surface area is 120 Å². The van der Waals surface area contributed by atoms with Gasteiger partial charge in [0.15, 0.2) is 5.78 Å². The zero-order valence-electron chi connectivity index (χ0n) is 12.0. The number of carbonyl (C=O) groups excluding carboxylic acids is 1. The number of benzene rings is 1. The first-order valence-electron chi connectivity index (χ1n) is 7.67. The first kappa shape index (κ1) is 13.3. The number of pyridine rings is 1. The molecule has 0 aliphatic heterocycles. The van der Waals surface area contributed by atoms with Gasteiger partial charge in [0.25, 0.3) is 0 Å². The molecule has 2 aromatic rings. The third-order valence-corrected chi connectivity index (χ3v) is 4.65. The molecule has 2 atom stereocenters. The number of carbonyl (C=O) groups is 1. The largest absolute Gasteiger partial charge is 0.294 e. The van der Waals surface area contributed by atoms with Gasteiger partial charge in [0.1, 0.15) is 0 Å². The predicted molar refractivity (Wildman–Crippen MR) is 81.8 cm³/mol. The van der Waals surface area contributed by atoms with Gasteiger partial charge in [0.2, 0.25) is 0 Å². The fraction of sp³-hybridized carbons (Fsp3) is 0.444. The van der Waals surface area contributed by atoms with E-state index < -0.39 is 0 Å². The lowest BCUT2D eigenvalue weighted by molar-refractivity contribution is 0.0863. The van der Waals surface area contributed by atoms with Crippen molar-refractivity contribution in [2.45, 2.75) is 39.0 Å². The minimum Gasteiger partial charge on any atom is -0.294 e. The molecule has 104 valence electrons. The number of para-hydroxylation sites is 1. The van der Waals surface area contributed by atoms with E-state index in [9.17, 15) is 4.79 Å². The number of fused-ring (bicyclic) bond motifs is 1. The third kappa shape index (κ3) is 2.47. The van der Waals surface area contributed by atoms with E-state index in [4.69, 9.17) is 0 Å². The Morgan fingerprint density at radius 3 is 2.95 bits per heavy atom. The number of aromatic nitrogens is 1. The van der Waals surface area contributed by atoms with Gasteiger partial charge in [0.05, 0.1) is 5.52 Å². The summed E-state index contributed by atoms with van der Waals surface area (Å²) in [4.78, 5) is 17.2. The van der Waals surface area contributed by atoms with Crippen molar-refractivity contribution in [1.29, 1.82) is 0 Å². The van der Waals surface area contributed by atoms with Crippen LogP contribution in [0, 0.1) is 11.8 Å². The van der Waals surface area contributed by atoms with Crippen molar-refractivity contribution in [3.8, 4) is 0 Å². The fourth-order valence-electron chi connectivity index (χ4n) is 3.43. The van der Waals surface area contributed by atoms with Crippen LogP contribution in [-0.4, -0.2) is 10.8 Å². The van der Waals surface area contributed by atoms with E-state index in [0.717, 1.165) is 35.2 Å². The van der Waals surface area contributed by atoms with Crippen LogP contribution in [0.25, 0.3) is 10.9 Å². The summed E-state index contributed by atoms with van der Waals surface area (Å²) < 4.78 is 0. The van der Waals surface area contributed by atoms with Gasteiger partial charge in [-0.25, -0.2) is 0 Å². The molecule has 2 unspecified atom stereocenters. The minimum atomic E-state index is 0.208. The van der Waals surface area contributed by atoms with Gasteiger partial charge in [-0.3, -0.25) is 9.78 Å². The van der Waals surface area contributed by atoms with E-state index in [0.29, 0.717) is 5.78 Å². The van der Waals surface area contributed by atoms with Gasteiger partial charge in [-0.05, 0) is 30.9 Å². The quantitative estimate of drug-likeness (QED) is 0.759. The van der Waals surface area contributed by atoms with Crippen LogP contribution in [0.15, 0.2) is 36.5 Å². The molecule has 1 saturated carbocycles. The maximum Gasteiger partial charge on any atom is 0.166 e. The SMILES string of the molecule is CCC1CCCC(C(=O)c2ccnc3ccccc23)C1. The highest BCUT2D eigenvalue weighted by Gasteiger charge is 2.27. The molecule has 1 fully saturated rings. The average molecular weight is 267 g/mol. The van der Waals surface area contributed by atoms with Gasteiger partial charge in [-0.1, -0.05) is 44.4 Å². The number of rotatable bonds is 3. The van der Waals surface area contributed by atoms with E-state index in [1.807, 2.05) is 30.3 Å². The van der Waals surface area contributed by atoms with E-state index in [-0.39, 0.29) is 5.92 Å². The number of Topliss-reactive ketones (excluding diaryl/α,β-unsaturated/α-hetero) is 1. The van der Waals surface area contributed by atoms with Crippen LogP contribution >= 0.6 is 0 Å². The molecule has 1 aromatic carbocycles. The molecule has 2 nitrogen and oxygen atoms in total. The average Bonchev–Trinajstić information content (AvgIpc) is 2.53. The first-order chi connectivity index (χ1) is 9.79. The van der Waals surface area contributed by atoms with Crippen LogP contribution in [0.5, 0.6) is 0 Å². The van der Waals surface area contributed by atoms with Crippen LogP contribution < -0.4 is 0 Å². The Kier molecular flexibility index (Phi) is 3.81. The van der Waals surface area contributed by atoms with Crippen LogP contribution in [0.4, 0.5) is 0 Å². The molecule has 1 aliphatic rings. The van der Waals surface area contributed by atoms with Crippen LogP contribution in [0.3, 0.4) is 0 Å². The van der Waals surface area contributed by atoms with E-state index in [2.05, 4.69) is 11.9 Å². The maximum atomic E-state index is 12.8. The van der Waals surface area contributed by atoms with E-state index in [1.54, 1.807) is 6.20 Å². The second-order valence-corrected chi connectivity index (χ2v) is 5.88. The Bertz CT molecular complexity index is 614. The summed E-state index contributed by atoms with van der Waals surface area (Å²) in [7, 11) is 0. The summed E-state index contributed by atoms with van der Waals surface area (Å²) in [5.74, 6) is 1.26. The molecule has 1 heterocycles. The minimum absolute atomic E-state index is 0.208. The monoisotopic (exact) mass is 267 g/mol. The van der Waals surface area contributed by atoms with Gasteiger partial charge in [-0.15, -0.1) is 0 Å². The smallest absolute Gasteiger partial charge is 0.166 e. The van der Waals surface area contributed by atoms with Crippen molar-refractivity contribution >= 4 is 16.7 Å². The van der Waals surface area contributed by atoms with Crippen LogP contribution in [0.2, 0.25) is 0 Å². The highest BCUT2D eigenvalue weighted by Crippen LogP contribution is 2.34. The molecule has 3 rings (SSSR count). The van der Waals surface area contributed by atoms with Crippen molar-refractivity contribution in [2.75, 3.05) is 0 Å². The van der Waals surface area contributed by atoms with Gasteiger partial charge in [-0.2, -0.15) is 0 Å². The second-order valence-electron chi connectivity index (χ2n) is 5.88. The summed E-state index contributed by atoms with van der Waals surface area (Å²) in [5, 5.41) is 0.999. The van der Waals surface area contributed by atoms with E-state index in [1.165, 1.54) is 19.3 Å². The molecule has 0 bridgehead atoms. The zero-order chi connectivity index (χ0) is 13.9. The number of ketones is 1. The predicted octanol–water partition coefficient (Wildman–Crippen LogP) is 4.63. The van der Waals surface area contributed by atoms with Crippen LogP contribution in [-0.2, 0) is 0 Å². The summed E-state index contributed by atoms with van der Waals surface area (Å²) >= 11 is 0. The highest BCUT2D eigenvalue weighted by molar-refractivity contribution is 6.08. The number of nitrogens with zero attached hydrogens (tertiary/aromatic N) is 1. The van der Waals surface area contributed by atoms with Crippen molar-refractivity contribution in [3.05, 3.63) is 42.1 Å². The first-order valence-corrected chi connectivity index (χ1v) is 7.67. The Morgan fingerprint density at radius 2 is 2.10 bits per heavy atom. The lowest BCUT2D eigenvalue weighted by Gasteiger charge is -2.27. The molecule has 2 heteroatoms. The molecule has 0 N–H and O–H groups in total. The van der Waals surface area contributed by atoms with Crippen molar-refractivity contribution < 1.29 is 4.79 Å². The lowest BCUT2D eigenvalue weighted by atomic mass is 9.77. The second kappa shape index (κ2) is 5.74. The van der Waals surface area contributed by atoms with Crippen LogP contribution in [0.1, 0.15) is 49.4 Å². The standard InChI is InChI=1S/C18H21NO/c1-2-13-6-5-7-14(12-13)18(20)16-10-11-19-17-9-4-3-8-15(16)17/h3-4,8-11,13-14H,2,5-7,12H2,1H3. The maximum absolute atomic E-state index is 12.8. The molecule has 0 radical (unpaired) electrons. The Balaban J connectivity index is 1.92. The topological polar surface area (TPSA) is 30.0 Å². The zero-order valence-corrected chi connectivity index (χ0v) is 12.0. The van der Waals surface area contributed by atoms with Gasteiger partial charge in [0, 0.05) is 23.1 Å². The number of hydrogen-bond donors (Lipinski definition) is 0. The Hall–Kier alpha value is -1.70. The summed E-state index contributed by atoms with van der Waals surface area (Å²) in [6.07, 6.45) is 7.55. The molecular weight excluding hydrogens is 246 g/mol. The molecule has 0 spiro atoms.